The molecule has 2 aliphatic rings. The molecule has 0 radical (unpaired) electrons. The summed E-state index contributed by atoms with van der Waals surface area (Å²) in [6.45, 7) is 11.8. The largest absolute Gasteiger partial charge is 0.394 e. The Morgan fingerprint density at radius 1 is 0.579 bits per heavy atom. The average molecular weight is 553 g/mol. The van der Waals surface area contributed by atoms with Crippen LogP contribution in [-0.4, -0.2) is 123 Å². The molecular weight excluding hydrogens is 500 g/mol. The molecule has 0 aromatic carbocycles. The predicted octanol–water partition coefficient (Wildman–Crippen LogP) is 1.77. The topological polar surface area (TPSA) is 135 Å². The Labute approximate surface area is 228 Å². The first kappa shape index (κ1) is 33.8. The van der Waals surface area contributed by atoms with Crippen LogP contribution in [0.5, 0.6) is 0 Å². The van der Waals surface area contributed by atoms with E-state index >= 15 is 0 Å². The number of hydrogen-bond acceptors (Lipinski definition) is 11. The highest BCUT2D eigenvalue weighted by Crippen LogP contribution is 2.33. The molecule has 2 heterocycles. The van der Waals surface area contributed by atoms with Crippen molar-refractivity contribution in [3.63, 3.8) is 0 Å². The highest BCUT2D eigenvalue weighted by molar-refractivity contribution is 4.96. The van der Waals surface area contributed by atoms with Gasteiger partial charge in [0.05, 0.1) is 13.2 Å². The number of hydrogen-bond donors (Lipinski definition) is 3. The maximum Gasteiger partial charge on any atom is 0.187 e. The first-order valence-electron chi connectivity index (χ1n) is 14.4. The van der Waals surface area contributed by atoms with Gasteiger partial charge in [-0.05, 0) is 32.1 Å². The van der Waals surface area contributed by atoms with Crippen molar-refractivity contribution in [2.45, 2.75) is 128 Å². The van der Waals surface area contributed by atoms with Crippen molar-refractivity contribution in [2.75, 3.05) is 46.2 Å². The van der Waals surface area contributed by atoms with Gasteiger partial charge in [-0.25, -0.2) is 0 Å². The molecule has 0 aliphatic carbocycles. The van der Waals surface area contributed by atoms with Crippen LogP contribution in [0.25, 0.3) is 0 Å². The second-order valence-corrected chi connectivity index (χ2v) is 9.80. The number of aliphatic hydroxyl groups excluding tert-OH is 3. The summed E-state index contributed by atoms with van der Waals surface area (Å²) >= 11 is 0. The first-order valence-corrected chi connectivity index (χ1v) is 14.4. The monoisotopic (exact) mass is 552 g/mol. The predicted molar refractivity (Wildman–Crippen MR) is 139 cm³/mol. The molecule has 226 valence electrons. The van der Waals surface area contributed by atoms with Crippen LogP contribution in [0.15, 0.2) is 0 Å². The zero-order chi connectivity index (χ0) is 27.9. The van der Waals surface area contributed by atoms with Crippen LogP contribution in [-0.2, 0) is 37.9 Å². The van der Waals surface area contributed by atoms with Gasteiger partial charge in [0.25, 0.3) is 0 Å². The molecule has 2 rings (SSSR count). The van der Waals surface area contributed by atoms with E-state index in [1.165, 1.54) is 0 Å². The minimum atomic E-state index is -1.23. The smallest absolute Gasteiger partial charge is 0.187 e. The average Bonchev–Trinajstić information content (AvgIpc) is 2.91. The summed E-state index contributed by atoms with van der Waals surface area (Å²) in [6.07, 6.45) is -4.94. The molecule has 10 unspecified atom stereocenters. The number of aliphatic hydroxyl groups is 3. The lowest BCUT2D eigenvalue weighted by molar-refractivity contribution is -0.368. The van der Waals surface area contributed by atoms with Gasteiger partial charge in [-0.2, -0.15) is 0 Å². The van der Waals surface area contributed by atoms with Crippen LogP contribution < -0.4 is 0 Å². The molecule has 0 aromatic heterocycles. The summed E-state index contributed by atoms with van der Waals surface area (Å²) in [5, 5.41) is 31.7. The maximum absolute atomic E-state index is 10.9. The Morgan fingerprint density at radius 2 is 1.11 bits per heavy atom. The van der Waals surface area contributed by atoms with Gasteiger partial charge in [0, 0.05) is 33.0 Å². The molecule has 11 nitrogen and oxygen atoms in total. The Bertz CT molecular complexity index is 597. The van der Waals surface area contributed by atoms with Gasteiger partial charge < -0.3 is 53.2 Å². The van der Waals surface area contributed by atoms with E-state index < -0.39 is 68.0 Å². The Balaban J connectivity index is 2.40. The summed E-state index contributed by atoms with van der Waals surface area (Å²) in [5.74, 6) is 0. The van der Waals surface area contributed by atoms with Crippen molar-refractivity contribution in [1.82, 2.24) is 0 Å². The van der Waals surface area contributed by atoms with Gasteiger partial charge >= 0.3 is 0 Å². The van der Waals surface area contributed by atoms with Crippen LogP contribution in [0.2, 0.25) is 0 Å². The second-order valence-electron chi connectivity index (χ2n) is 9.80. The minimum absolute atomic E-state index is 0.164. The minimum Gasteiger partial charge on any atom is -0.394 e. The fourth-order valence-electron chi connectivity index (χ4n) is 4.59. The molecule has 0 saturated carbocycles. The molecule has 3 N–H and O–H groups in total. The Kier molecular flexibility index (Phi) is 16.7. The third kappa shape index (κ3) is 9.59. The van der Waals surface area contributed by atoms with Crippen LogP contribution in [0, 0.1) is 0 Å². The molecule has 38 heavy (non-hydrogen) atoms. The molecule has 0 spiro atoms. The van der Waals surface area contributed by atoms with Crippen LogP contribution in [0.3, 0.4) is 0 Å². The summed E-state index contributed by atoms with van der Waals surface area (Å²) < 4.78 is 48.7. The highest BCUT2D eigenvalue weighted by atomic mass is 16.7. The van der Waals surface area contributed by atoms with E-state index in [9.17, 15) is 15.3 Å². The highest BCUT2D eigenvalue weighted by Gasteiger charge is 2.53. The summed E-state index contributed by atoms with van der Waals surface area (Å²) in [4.78, 5) is 0. The van der Waals surface area contributed by atoms with E-state index in [1.807, 2.05) is 34.6 Å². The van der Waals surface area contributed by atoms with Gasteiger partial charge in [-0.15, -0.1) is 0 Å². The molecular formula is C27H52O11. The zero-order valence-electron chi connectivity index (χ0n) is 23.9. The molecule has 11 heteroatoms. The Morgan fingerprint density at radius 3 is 1.66 bits per heavy atom. The van der Waals surface area contributed by atoms with Crippen molar-refractivity contribution < 1.29 is 53.2 Å². The maximum atomic E-state index is 10.9. The standard InChI is InChI=1S/C27H52O11/c1-6-11-31-17-19-21(23(33-13-8-3)24(26(30)36-19)34-14-9-4)38-27-25(35-15-10-5)22(32-12-7-2)20(29)18(16-28)37-27/h18-30H,6-17H2,1-5H3. The Hall–Kier alpha value is -0.440. The fourth-order valence-corrected chi connectivity index (χ4v) is 4.59. The molecule has 0 aromatic rings. The third-order valence-corrected chi connectivity index (χ3v) is 6.39. The van der Waals surface area contributed by atoms with Gasteiger partial charge in [0.1, 0.15) is 48.8 Å². The number of ether oxygens (including phenoxy) is 8. The normalized spacial score (nSPS) is 36.0. The van der Waals surface area contributed by atoms with E-state index in [2.05, 4.69) is 0 Å². The third-order valence-electron chi connectivity index (χ3n) is 6.39. The fraction of sp³-hybridized carbons (Fsp3) is 1.00. The van der Waals surface area contributed by atoms with Crippen LogP contribution >= 0.6 is 0 Å². The summed E-state index contributed by atoms with van der Waals surface area (Å²) in [7, 11) is 0. The SMILES string of the molecule is CCCOCC1OC(O)C(OCCC)C(OCCC)C1OC1OC(CO)C(O)C(OCCC)C1OCCC. The molecule has 2 saturated heterocycles. The lowest BCUT2D eigenvalue weighted by Gasteiger charge is -2.49. The molecule has 0 bridgehead atoms. The molecule has 2 fully saturated rings. The van der Waals surface area contributed by atoms with Crippen molar-refractivity contribution in [2.24, 2.45) is 0 Å². The van der Waals surface area contributed by atoms with E-state index in [1.54, 1.807) is 0 Å². The van der Waals surface area contributed by atoms with Crippen LogP contribution in [0.4, 0.5) is 0 Å². The van der Waals surface area contributed by atoms with Gasteiger partial charge in [0.2, 0.25) is 0 Å². The molecule has 10 atom stereocenters. The lowest BCUT2D eigenvalue weighted by Crippen LogP contribution is -2.66. The van der Waals surface area contributed by atoms with Gasteiger partial charge in [-0.1, -0.05) is 34.6 Å². The number of rotatable bonds is 19. The van der Waals surface area contributed by atoms with Crippen molar-refractivity contribution in [3.8, 4) is 0 Å². The first-order chi connectivity index (χ1) is 18.5. The van der Waals surface area contributed by atoms with E-state index in [4.69, 9.17) is 37.9 Å². The van der Waals surface area contributed by atoms with E-state index in [0.29, 0.717) is 33.0 Å². The molecule has 0 amide bonds. The summed E-state index contributed by atoms with van der Waals surface area (Å²) in [6, 6.07) is 0. The zero-order valence-corrected chi connectivity index (χ0v) is 23.9. The molecule has 2 aliphatic heterocycles. The van der Waals surface area contributed by atoms with Crippen molar-refractivity contribution >= 4 is 0 Å². The quantitative estimate of drug-likeness (QED) is 0.202. The van der Waals surface area contributed by atoms with Crippen LogP contribution in [0.1, 0.15) is 66.7 Å². The van der Waals surface area contributed by atoms with Gasteiger partial charge in [-0.3, -0.25) is 0 Å². The second kappa shape index (κ2) is 18.8. The summed E-state index contributed by atoms with van der Waals surface area (Å²) in [5.41, 5.74) is 0. The van der Waals surface area contributed by atoms with E-state index in [0.717, 1.165) is 32.1 Å². The van der Waals surface area contributed by atoms with Crippen molar-refractivity contribution in [3.05, 3.63) is 0 Å². The lowest BCUT2D eigenvalue weighted by atomic mass is 9.96. The van der Waals surface area contributed by atoms with Crippen molar-refractivity contribution in [1.29, 1.82) is 0 Å². The van der Waals surface area contributed by atoms with Gasteiger partial charge in [0.15, 0.2) is 12.6 Å². The van der Waals surface area contributed by atoms with E-state index in [-0.39, 0.29) is 6.61 Å².